The van der Waals surface area contributed by atoms with Crippen LogP contribution < -0.4 is 0 Å². The number of ether oxygens (including phenoxy) is 2. The van der Waals surface area contributed by atoms with Crippen molar-refractivity contribution in [2.24, 2.45) is 5.92 Å². The minimum absolute atomic E-state index is 0.141. The number of carbonyl (C=O) groups is 1. The average Bonchev–Trinajstić information content (AvgIpc) is 3.41. The van der Waals surface area contributed by atoms with Gasteiger partial charge in [0.15, 0.2) is 6.29 Å². The molecule has 3 aliphatic rings. The van der Waals surface area contributed by atoms with Crippen LogP contribution in [0.2, 0.25) is 0 Å². The summed E-state index contributed by atoms with van der Waals surface area (Å²) in [6.07, 6.45) is 6.63. The topological polar surface area (TPSA) is 82.4 Å². The van der Waals surface area contributed by atoms with E-state index in [0.29, 0.717) is 25.0 Å². The van der Waals surface area contributed by atoms with E-state index in [1.165, 1.54) is 24.6 Å². The molecule has 0 radical (unpaired) electrons. The average molecular weight is 367 g/mol. The van der Waals surface area contributed by atoms with Crippen molar-refractivity contribution in [3.05, 3.63) is 0 Å². The van der Waals surface area contributed by atoms with E-state index in [9.17, 15) is 4.79 Å². The van der Waals surface area contributed by atoms with E-state index in [2.05, 4.69) is 15.5 Å². The molecule has 8 nitrogen and oxygen atoms in total. The van der Waals surface area contributed by atoms with Crippen molar-refractivity contribution in [1.29, 1.82) is 0 Å². The standard InChI is InChI=1S/C16H25N5O3S/c22-14(20-7-3-4-12(10-20)15-23-8-9-24-15)11-25-16-17-18-19-21(16)13-5-1-2-6-13/h12-13,15H,1-11H2. The molecule has 1 unspecified atom stereocenters. The predicted octanol–water partition coefficient (Wildman–Crippen LogP) is 1.49. The normalized spacial score (nSPS) is 25.8. The lowest BCUT2D eigenvalue weighted by Crippen LogP contribution is -2.44. The first kappa shape index (κ1) is 17.2. The summed E-state index contributed by atoms with van der Waals surface area (Å²) in [7, 11) is 0. The van der Waals surface area contributed by atoms with E-state index < -0.39 is 0 Å². The molecule has 3 heterocycles. The van der Waals surface area contributed by atoms with Crippen molar-refractivity contribution in [1.82, 2.24) is 25.1 Å². The molecule has 25 heavy (non-hydrogen) atoms. The van der Waals surface area contributed by atoms with Gasteiger partial charge in [0.25, 0.3) is 0 Å². The van der Waals surface area contributed by atoms with Gasteiger partial charge in [-0.1, -0.05) is 24.6 Å². The highest BCUT2D eigenvalue weighted by Gasteiger charge is 2.33. The zero-order valence-electron chi connectivity index (χ0n) is 14.4. The largest absolute Gasteiger partial charge is 0.350 e. The SMILES string of the molecule is O=C(CSc1nnnn1C1CCCC1)N1CCCC(C2OCCO2)C1. The number of aromatic nitrogens is 4. The Balaban J connectivity index is 1.30. The van der Waals surface area contributed by atoms with Crippen LogP contribution in [0, 0.1) is 5.92 Å². The van der Waals surface area contributed by atoms with Gasteiger partial charge in [0, 0.05) is 19.0 Å². The molecule has 1 saturated carbocycles. The van der Waals surface area contributed by atoms with E-state index in [4.69, 9.17) is 9.47 Å². The lowest BCUT2D eigenvalue weighted by Gasteiger charge is -2.34. The number of hydrogen-bond donors (Lipinski definition) is 0. The van der Waals surface area contributed by atoms with Crippen molar-refractivity contribution in [2.45, 2.75) is 56.0 Å². The van der Waals surface area contributed by atoms with Crippen LogP contribution in [0.25, 0.3) is 0 Å². The molecule has 0 bridgehead atoms. The van der Waals surface area contributed by atoms with Crippen molar-refractivity contribution in [3.8, 4) is 0 Å². The number of amides is 1. The summed E-state index contributed by atoms with van der Waals surface area (Å²) in [6.45, 7) is 2.86. The zero-order valence-corrected chi connectivity index (χ0v) is 15.2. The third-order valence-corrected chi connectivity index (χ3v) is 6.22. The number of hydrogen-bond acceptors (Lipinski definition) is 7. The van der Waals surface area contributed by atoms with Gasteiger partial charge in [-0.15, -0.1) is 5.10 Å². The monoisotopic (exact) mass is 367 g/mol. The van der Waals surface area contributed by atoms with E-state index in [0.717, 1.165) is 43.9 Å². The number of piperidine rings is 1. The number of carbonyl (C=O) groups excluding carboxylic acids is 1. The van der Waals surface area contributed by atoms with E-state index >= 15 is 0 Å². The molecular weight excluding hydrogens is 342 g/mol. The smallest absolute Gasteiger partial charge is 0.233 e. The summed E-state index contributed by atoms with van der Waals surface area (Å²) in [4.78, 5) is 14.6. The third-order valence-electron chi connectivity index (χ3n) is 5.30. The van der Waals surface area contributed by atoms with Crippen LogP contribution in [-0.4, -0.2) is 69.4 Å². The fraction of sp³-hybridized carbons (Fsp3) is 0.875. The zero-order chi connectivity index (χ0) is 17.1. The highest BCUT2D eigenvalue weighted by Crippen LogP contribution is 2.31. The second-order valence-corrected chi connectivity index (χ2v) is 7.93. The van der Waals surface area contributed by atoms with Gasteiger partial charge in [-0.3, -0.25) is 4.79 Å². The maximum Gasteiger partial charge on any atom is 0.233 e. The van der Waals surface area contributed by atoms with E-state index in [-0.39, 0.29) is 18.1 Å². The summed E-state index contributed by atoms with van der Waals surface area (Å²) in [5.41, 5.74) is 0. The molecular formula is C16H25N5O3S. The molecule has 138 valence electrons. The molecule has 9 heteroatoms. The minimum atomic E-state index is -0.141. The number of thioether (sulfide) groups is 1. The number of nitrogens with zero attached hydrogens (tertiary/aromatic N) is 5. The van der Waals surface area contributed by atoms with Gasteiger partial charge >= 0.3 is 0 Å². The second kappa shape index (κ2) is 8.01. The number of tetrazole rings is 1. The van der Waals surface area contributed by atoms with Crippen molar-refractivity contribution < 1.29 is 14.3 Å². The summed E-state index contributed by atoms with van der Waals surface area (Å²) in [5, 5.41) is 12.8. The van der Waals surface area contributed by atoms with E-state index in [1.807, 2.05) is 9.58 Å². The third kappa shape index (κ3) is 3.98. The first-order valence-electron chi connectivity index (χ1n) is 9.23. The molecule has 1 amide bonds. The summed E-state index contributed by atoms with van der Waals surface area (Å²) in [5.74, 6) is 0.814. The molecule has 1 atom stereocenters. The molecule has 2 saturated heterocycles. The highest BCUT2D eigenvalue weighted by atomic mass is 32.2. The highest BCUT2D eigenvalue weighted by molar-refractivity contribution is 7.99. The lowest BCUT2D eigenvalue weighted by atomic mass is 9.97. The Bertz CT molecular complexity index is 586. The molecule has 1 aliphatic carbocycles. The number of rotatable bonds is 5. The van der Waals surface area contributed by atoms with Crippen LogP contribution in [0.4, 0.5) is 0 Å². The molecule has 2 aliphatic heterocycles. The Hall–Kier alpha value is -1.19. The van der Waals surface area contributed by atoms with Crippen LogP contribution in [0.3, 0.4) is 0 Å². The molecule has 4 rings (SSSR count). The Kier molecular flexibility index (Phi) is 5.52. The van der Waals surface area contributed by atoms with Crippen LogP contribution >= 0.6 is 11.8 Å². The van der Waals surface area contributed by atoms with E-state index in [1.54, 1.807) is 0 Å². The first-order chi connectivity index (χ1) is 12.3. The first-order valence-corrected chi connectivity index (χ1v) is 10.2. The second-order valence-electron chi connectivity index (χ2n) is 6.99. The van der Waals surface area contributed by atoms with Gasteiger partial charge < -0.3 is 14.4 Å². The molecule has 1 aromatic heterocycles. The summed E-state index contributed by atoms with van der Waals surface area (Å²) < 4.78 is 13.1. The van der Waals surface area contributed by atoms with Crippen molar-refractivity contribution in [3.63, 3.8) is 0 Å². The van der Waals surface area contributed by atoms with Gasteiger partial charge in [-0.2, -0.15) is 0 Å². The number of likely N-dealkylation sites (tertiary alicyclic amines) is 1. The summed E-state index contributed by atoms with van der Waals surface area (Å²) in [6, 6.07) is 0.392. The van der Waals surface area contributed by atoms with Crippen LogP contribution in [0.1, 0.15) is 44.6 Å². The minimum Gasteiger partial charge on any atom is -0.350 e. The van der Waals surface area contributed by atoms with Gasteiger partial charge in [0.05, 0.1) is 25.0 Å². The fourth-order valence-electron chi connectivity index (χ4n) is 3.98. The van der Waals surface area contributed by atoms with Gasteiger partial charge in [-0.25, -0.2) is 4.68 Å². The van der Waals surface area contributed by atoms with Gasteiger partial charge in [0.1, 0.15) is 0 Å². The summed E-state index contributed by atoms with van der Waals surface area (Å²) >= 11 is 1.45. The van der Waals surface area contributed by atoms with Gasteiger partial charge in [-0.05, 0) is 36.1 Å². The Labute approximate surface area is 151 Å². The fourth-order valence-corrected chi connectivity index (χ4v) is 4.83. The Morgan fingerprint density at radius 1 is 1.16 bits per heavy atom. The molecule has 0 aromatic carbocycles. The molecule has 0 spiro atoms. The van der Waals surface area contributed by atoms with Crippen molar-refractivity contribution >= 4 is 17.7 Å². The van der Waals surface area contributed by atoms with Crippen molar-refractivity contribution in [2.75, 3.05) is 32.1 Å². The maximum atomic E-state index is 12.6. The van der Waals surface area contributed by atoms with Crippen LogP contribution in [0.5, 0.6) is 0 Å². The Morgan fingerprint density at radius 2 is 1.96 bits per heavy atom. The maximum absolute atomic E-state index is 12.6. The molecule has 0 N–H and O–H groups in total. The van der Waals surface area contributed by atoms with Gasteiger partial charge in [0.2, 0.25) is 11.1 Å². The predicted molar refractivity (Wildman–Crippen MR) is 91.0 cm³/mol. The lowest BCUT2D eigenvalue weighted by molar-refractivity contribution is -0.136. The molecule has 1 aromatic rings. The Morgan fingerprint density at radius 3 is 2.76 bits per heavy atom. The van der Waals surface area contributed by atoms with Crippen LogP contribution in [-0.2, 0) is 14.3 Å². The quantitative estimate of drug-likeness (QED) is 0.729. The van der Waals surface area contributed by atoms with Crippen LogP contribution in [0.15, 0.2) is 5.16 Å². The molecule has 3 fully saturated rings.